The smallest absolute Gasteiger partial charge is 0.309 e. The van der Waals surface area contributed by atoms with E-state index in [1.54, 1.807) is 0 Å². The molecule has 0 aromatic heterocycles. The number of carbonyl (C=O) groups is 2. The Balaban J connectivity index is 2.40. The Morgan fingerprint density at radius 3 is 2.36 bits per heavy atom. The van der Waals surface area contributed by atoms with E-state index in [4.69, 9.17) is 0 Å². The van der Waals surface area contributed by atoms with Gasteiger partial charge in [-0.3, -0.25) is 9.59 Å². The molecule has 2 N–H and O–H groups in total. The summed E-state index contributed by atoms with van der Waals surface area (Å²) in [4.78, 5) is 23.8. The summed E-state index contributed by atoms with van der Waals surface area (Å²) in [5.74, 6) is -0.664. The van der Waals surface area contributed by atoms with Gasteiger partial charge in [0.15, 0.2) is 0 Å². The minimum Gasteiger partial charge on any atom is -0.348 e. The summed E-state index contributed by atoms with van der Waals surface area (Å²) in [6.07, 6.45) is 4.42. The van der Waals surface area contributed by atoms with Crippen LogP contribution >= 0.6 is 0 Å². The van der Waals surface area contributed by atoms with Crippen molar-refractivity contribution in [3.63, 3.8) is 0 Å². The van der Waals surface area contributed by atoms with Crippen LogP contribution in [-0.4, -0.2) is 18.4 Å². The minimum absolute atomic E-state index is 0.179. The van der Waals surface area contributed by atoms with Crippen molar-refractivity contribution in [2.75, 3.05) is 6.54 Å². The first kappa shape index (κ1) is 18.2. The van der Waals surface area contributed by atoms with Crippen molar-refractivity contribution < 1.29 is 9.59 Å². The molecule has 0 fully saturated rings. The number of hydrogen-bond acceptors (Lipinski definition) is 2. The Kier molecular flexibility index (Phi) is 8.26. The summed E-state index contributed by atoms with van der Waals surface area (Å²) in [6.45, 7) is 6.72. The molecule has 1 aromatic carbocycles. The van der Waals surface area contributed by atoms with E-state index in [9.17, 15) is 9.59 Å². The maximum absolute atomic E-state index is 11.9. The second kappa shape index (κ2) is 9.98. The van der Waals surface area contributed by atoms with Crippen LogP contribution in [-0.2, 0) is 9.59 Å². The predicted molar refractivity (Wildman–Crippen MR) is 89.3 cm³/mol. The highest BCUT2D eigenvalue weighted by Gasteiger charge is 2.17. The van der Waals surface area contributed by atoms with Gasteiger partial charge in [-0.2, -0.15) is 0 Å². The molecule has 0 aliphatic carbocycles. The van der Waals surface area contributed by atoms with E-state index in [2.05, 4.69) is 24.5 Å². The second-order valence-electron chi connectivity index (χ2n) is 5.73. The minimum atomic E-state index is -0.568. The third kappa shape index (κ3) is 6.29. The van der Waals surface area contributed by atoms with Crippen LogP contribution in [0.25, 0.3) is 0 Å². The number of nitrogens with one attached hydrogen (secondary N) is 2. The topological polar surface area (TPSA) is 58.2 Å². The van der Waals surface area contributed by atoms with Crippen LogP contribution in [0.2, 0.25) is 0 Å². The summed E-state index contributed by atoms with van der Waals surface area (Å²) < 4.78 is 0. The van der Waals surface area contributed by atoms with E-state index in [0.29, 0.717) is 12.5 Å². The van der Waals surface area contributed by atoms with Gasteiger partial charge in [0.05, 0.1) is 6.04 Å². The lowest BCUT2D eigenvalue weighted by atomic mass is 9.99. The molecular weight excluding hydrogens is 276 g/mol. The molecule has 0 heterocycles. The zero-order valence-corrected chi connectivity index (χ0v) is 13.9. The fraction of sp³-hybridized carbons (Fsp3) is 0.556. The standard InChI is InChI=1S/C18H28N2O2/c1-4-6-10-15(5-2)13-19-17(21)18(22)20-14(3)16-11-8-7-9-12-16/h7-9,11-12,14-15H,4-6,10,13H2,1-3H3,(H,19,21)(H,20,22)/t14-,15-/m0/s1. The number of rotatable bonds is 8. The maximum Gasteiger partial charge on any atom is 0.309 e. The van der Waals surface area contributed by atoms with Crippen molar-refractivity contribution in [3.05, 3.63) is 35.9 Å². The van der Waals surface area contributed by atoms with Gasteiger partial charge in [0.2, 0.25) is 0 Å². The SMILES string of the molecule is CCCC[C@H](CC)CNC(=O)C(=O)N[C@@H](C)c1ccccc1. The molecule has 4 heteroatoms. The lowest BCUT2D eigenvalue weighted by molar-refractivity contribution is -0.139. The van der Waals surface area contributed by atoms with Gasteiger partial charge in [0.25, 0.3) is 0 Å². The Hall–Kier alpha value is -1.84. The van der Waals surface area contributed by atoms with Crippen LogP contribution in [0.15, 0.2) is 30.3 Å². The third-order valence-corrected chi connectivity index (χ3v) is 3.95. The maximum atomic E-state index is 11.9. The van der Waals surface area contributed by atoms with Crippen molar-refractivity contribution in [2.45, 2.75) is 52.5 Å². The van der Waals surface area contributed by atoms with Gasteiger partial charge >= 0.3 is 11.8 Å². The summed E-state index contributed by atoms with van der Waals surface area (Å²) in [7, 11) is 0. The Labute approximate surface area is 133 Å². The van der Waals surface area contributed by atoms with Crippen molar-refractivity contribution >= 4 is 11.8 Å². The number of hydrogen-bond donors (Lipinski definition) is 2. The van der Waals surface area contributed by atoms with E-state index < -0.39 is 11.8 Å². The lowest BCUT2D eigenvalue weighted by Gasteiger charge is -2.17. The number of unbranched alkanes of at least 4 members (excludes halogenated alkanes) is 1. The molecule has 0 spiro atoms. The van der Waals surface area contributed by atoms with Gasteiger partial charge in [0.1, 0.15) is 0 Å². The molecule has 1 aromatic rings. The highest BCUT2D eigenvalue weighted by molar-refractivity contribution is 6.35. The fourth-order valence-electron chi connectivity index (χ4n) is 2.35. The molecule has 0 saturated carbocycles. The van der Waals surface area contributed by atoms with Gasteiger partial charge in [-0.15, -0.1) is 0 Å². The van der Waals surface area contributed by atoms with E-state index in [0.717, 1.165) is 31.2 Å². The lowest BCUT2D eigenvalue weighted by Crippen LogP contribution is -2.42. The van der Waals surface area contributed by atoms with Gasteiger partial charge in [-0.25, -0.2) is 0 Å². The van der Waals surface area contributed by atoms with Crippen molar-refractivity contribution in [2.24, 2.45) is 5.92 Å². The van der Waals surface area contributed by atoms with Crippen LogP contribution in [0.5, 0.6) is 0 Å². The molecule has 0 bridgehead atoms. The molecular formula is C18H28N2O2. The van der Waals surface area contributed by atoms with E-state index >= 15 is 0 Å². The molecule has 2 amide bonds. The molecule has 122 valence electrons. The normalized spacial score (nSPS) is 13.2. The molecule has 0 aliphatic rings. The van der Waals surface area contributed by atoms with Gasteiger partial charge in [-0.05, 0) is 24.8 Å². The summed E-state index contributed by atoms with van der Waals surface area (Å²) in [6, 6.07) is 9.43. The van der Waals surface area contributed by atoms with Crippen LogP contribution < -0.4 is 10.6 Å². The first-order chi connectivity index (χ1) is 10.6. The fourth-order valence-corrected chi connectivity index (χ4v) is 2.35. The van der Waals surface area contributed by atoms with Gasteiger partial charge in [0, 0.05) is 6.54 Å². The molecule has 0 radical (unpaired) electrons. The molecule has 0 aliphatic heterocycles. The second-order valence-corrected chi connectivity index (χ2v) is 5.73. The quantitative estimate of drug-likeness (QED) is 0.725. The highest BCUT2D eigenvalue weighted by atomic mass is 16.2. The average molecular weight is 304 g/mol. The van der Waals surface area contributed by atoms with Crippen molar-refractivity contribution in [3.8, 4) is 0 Å². The molecule has 0 saturated heterocycles. The highest BCUT2D eigenvalue weighted by Crippen LogP contribution is 2.12. The molecule has 0 unspecified atom stereocenters. The zero-order chi connectivity index (χ0) is 16.4. The third-order valence-electron chi connectivity index (χ3n) is 3.95. The summed E-state index contributed by atoms with van der Waals surface area (Å²) in [5.41, 5.74) is 0.984. The Morgan fingerprint density at radius 2 is 1.77 bits per heavy atom. The monoisotopic (exact) mass is 304 g/mol. The first-order valence-corrected chi connectivity index (χ1v) is 8.22. The molecule has 2 atom stereocenters. The Morgan fingerprint density at radius 1 is 1.09 bits per heavy atom. The van der Waals surface area contributed by atoms with E-state index in [-0.39, 0.29) is 6.04 Å². The molecule has 4 nitrogen and oxygen atoms in total. The molecule has 1 rings (SSSR count). The summed E-state index contributed by atoms with van der Waals surface area (Å²) in [5, 5.41) is 5.48. The van der Waals surface area contributed by atoms with Crippen LogP contribution in [0.1, 0.15) is 58.1 Å². The van der Waals surface area contributed by atoms with Crippen LogP contribution in [0, 0.1) is 5.92 Å². The number of benzene rings is 1. The number of carbonyl (C=O) groups excluding carboxylic acids is 2. The van der Waals surface area contributed by atoms with Crippen molar-refractivity contribution in [1.82, 2.24) is 10.6 Å². The predicted octanol–water partition coefficient (Wildman–Crippen LogP) is 3.20. The van der Waals surface area contributed by atoms with Crippen LogP contribution in [0.4, 0.5) is 0 Å². The zero-order valence-electron chi connectivity index (χ0n) is 13.9. The van der Waals surface area contributed by atoms with Crippen LogP contribution in [0.3, 0.4) is 0 Å². The largest absolute Gasteiger partial charge is 0.348 e. The summed E-state index contributed by atoms with van der Waals surface area (Å²) >= 11 is 0. The Bertz CT molecular complexity index is 459. The van der Waals surface area contributed by atoms with Gasteiger partial charge < -0.3 is 10.6 Å². The van der Waals surface area contributed by atoms with E-state index in [1.807, 2.05) is 37.3 Å². The van der Waals surface area contributed by atoms with Crippen molar-refractivity contribution in [1.29, 1.82) is 0 Å². The van der Waals surface area contributed by atoms with Gasteiger partial charge in [-0.1, -0.05) is 63.4 Å². The molecule has 22 heavy (non-hydrogen) atoms. The first-order valence-electron chi connectivity index (χ1n) is 8.22. The van der Waals surface area contributed by atoms with E-state index in [1.165, 1.54) is 0 Å². The average Bonchev–Trinajstić information content (AvgIpc) is 2.55. The number of amides is 2.